The van der Waals surface area contributed by atoms with Crippen molar-refractivity contribution in [1.29, 1.82) is 0 Å². The molecule has 0 aliphatic carbocycles. The van der Waals surface area contributed by atoms with Crippen LogP contribution in [-0.4, -0.2) is 31.1 Å². The summed E-state index contributed by atoms with van der Waals surface area (Å²) in [5, 5.41) is 9.72. The summed E-state index contributed by atoms with van der Waals surface area (Å²) < 4.78 is 13.4. The lowest BCUT2D eigenvalue weighted by atomic mass is 10.1. The lowest BCUT2D eigenvalue weighted by Gasteiger charge is -2.15. The molecule has 1 atom stereocenters. The molecule has 0 bridgehead atoms. The molecule has 2 aromatic heterocycles. The number of H-pyrrole nitrogens is 1. The van der Waals surface area contributed by atoms with E-state index in [9.17, 15) is 4.39 Å². The predicted octanol–water partition coefficient (Wildman–Crippen LogP) is 4.50. The second kappa shape index (κ2) is 9.91. The van der Waals surface area contributed by atoms with Gasteiger partial charge in [0.25, 0.3) is 0 Å². The normalized spacial score (nSPS) is 12.7. The Balaban J connectivity index is 0.00000243. The number of rotatable bonds is 6. The average molecular weight is 486 g/mol. The molecule has 7 heteroatoms. The summed E-state index contributed by atoms with van der Waals surface area (Å²) in [6.45, 7) is 3.77. The first-order valence-electron chi connectivity index (χ1n) is 8.41. The molecular formula is C19H24FIN4S. The van der Waals surface area contributed by atoms with E-state index in [1.54, 1.807) is 30.5 Å². The number of nitrogens with one attached hydrogen (secondary N) is 3. The van der Waals surface area contributed by atoms with Gasteiger partial charge in [-0.25, -0.2) is 4.39 Å². The third-order valence-corrected chi connectivity index (χ3v) is 5.35. The van der Waals surface area contributed by atoms with Crippen molar-refractivity contribution in [3.63, 3.8) is 0 Å². The number of hydrogen-bond donors (Lipinski definition) is 3. The van der Waals surface area contributed by atoms with Crippen LogP contribution in [0, 0.1) is 5.82 Å². The molecule has 3 rings (SSSR count). The number of fused-ring (bicyclic) bond motifs is 1. The number of aliphatic imine (C=N–C) groups is 1. The van der Waals surface area contributed by atoms with Crippen molar-refractivity contribution in [1.82, 2.24) is 15.6 Å². The number of halogens is 2. The van der Waals surface area contributed by atoms with E-state index in [2.05, 4.69) is 45.0 Å². The molecule has 0 amide bonds. The SMILES string of the molecule is CN=C(NCCc1c[nH]c2ccc(F)cc12)NCC(C)c1cccs1.I. The van der Waals surface area contributed by atoms with Crippen LogP contribution in [0.15, 0.2) is 46.9 Å². The average Bonchev–Trinajstić information content (AvgIpc) is 3.28. The quantitative estimate of drug-likeness (QED) is 0.273. The van der Waals surface area contributed by atoms with Crippen LogP contribution in [-0.2, 0) is 6.42 Å². The van der Waals surface area contributed by atoms with Gasteiger partial charge in [0.2, 0.25) is 0 Å². The number of hydrogen-bond acceptors (Lipinski definition) is 2. The van der Waals surface area contributed by atoms with Crippen LogP contribution in [0.3, 0.4) is 0 Å². The van der Waals surface area contributed by atoms with E-state index in [0.29, 0.717) is 5.92 Å². The topological polar surface area (TPSA) is 52.2 Å². The van der Waals surface area contributed by atoms with Gasteiger partial charge in [0.05, 0.1) is 0 Å². The molecule has 0 aliphatic heterocycles. The smallest absolute Gasteiger partial charge is 0.191 e. The lowest BCUT2D eigenvalue weighted by Crippen LogP contribution is -2.39. The molecule has 1 unspecified atom stereocenters. The van der Waals surface area contributed by atoms with Crippen molar-refractivity contribution in [3.05, 3.63) is 58.2 Å². The Bertz CT molecular complexity index is 844. The van der Waals surface area contributed by atoms with E-state index in [-0.39, 0.29) is 29.8 Å². The molecule has 0 aliphatic rings. The summed E-state index contributed by atoms with van der Waals surface area (Å²) in [5.74, 6) is 1.02. The van der Waals surface area contributed by atoms with Crippen LogP contribution in [0.25, 0.3) is 10.9 Å². The molecule has 3 aromatic rings. The predicted molar refractivity (Wildman–Crippen MR) is 119 cm³/mol. The van der Waals surface area contributed by atoms with Crippen LogP contribution in [0.4, 0.5) is 4.39 Å². The van der Waals surface area contributed by atoms with Gasteiger partial charge in [-0.3, -0.25) is 4.99 Å². The number of thiophene rings is 1. The van der Waals surface area contributed by atoms with E-state index < -0.39 is 0 Å². The summed E-state index contributed by atoms with van der Waals surface area (Å²) in [6, 6.07) is 9.06. The minimum Gasteiger partial charge on any atom is -0.361 e. The van der Waals surface area contributed by atoms with Gasteiger partial charge in [0, 0.05) is 48.0 Å². The van der Waals surface area contributed by atoms with Gasteiger partial charge in [-0.15, -0.1) is 35.3 Å². The zero-order valence-corrected chi connectivity index (χ0v) is 18.0. The molecule has 0 radical (unpaired) electrons. The van der Waals surface area contributed by atoms with Gasteiger partial charge in [0.15, 0.2) is 5.96 Å². The molecule has 0 fully saturated rings. The summed E-state index contributed by atoms with van der Waals surface area (Å²) in [4.78, 5) is 8.82. The van der Waals surface area contributed by atoms with Crippen LogP contribution >= 0.6 is 35.3 Å². The summed E-state index contributed by atoms with van der Waals surface area (Å²) in [7, 11) is 1.77. The highest BCUT2D eigenvalue weighted by atomic mass is 127. The Labute approximate surface area is 174 Å². The monoisotopic (exact) mass is 486 g/mol. The van der Waals surface area contributed by atoms with Gasteiger partial charge < -0.3 is 15.6 Å². The molecule has 26 heavy (non-hydrogen) atoms. The molecule has 2 heterocycles. The Morgan fingerprint density at radius 2 is 2.15 bits per heavy atom. The van der Waals surface area contributed by atoms with E-state index in [1.165, 1.54) is 10.9 Å². The van der Waals surface area contributed by atoms with Gasteiger partial charge in [-0.2, -0.15) is 0 Å². The minimum absolute atomic E-state index is 0. The molecule has 0 saturated carbocycles. The molecule has 1 aromatic carbocycles. The third-order valence-electron chi connectivity index (χ3n) is 4.24. The fourth-order valence-electron chi connectivity index (χ4n) is 2.82. The second-order valence-electron chi connectivity index (χ2n) is 6.05. The Morgan fingerprint density at radius 3 is 2.88 bits per heavy atom. The number of nitrogens with zero attached hydrogens (tertiary/aromatic N) is 1. The van der Waals surface area contributed by atoms with Crippen molar-refractivity contribution < 1.29 is 4.39 Å². The number of benzene rings is 1. The van der Waals surface area contributed by atoms with Gasteiger partial charge >= 0.3 is 0 Å². The van der Waals surface area contributed by atoms with Crippen molar-refractivity contribution >= 4 is 52.2 Å². The van der Waals surface area contributed by atoms with Crippen molar-refractivity contribution in [2.24, 2.45) is 4.99 Å². The second-order valence-corrected chi connectivity index (χ2v) is 7.03. The highest BCUT2D eigenvalue weighted by molar-refractivity contribution is 14.0. The zero-order chi connectivity index (χ0) is 17.6. The Kier molecular flexibility index (Phi) is 7.89. The highest BCUT2D eigenvalue weighted by Gasteiger charge is 2.08. The number of aromatic nitrogens is 1. The molecule has 3 N–H and O–H groups in total. The van der Waals surface area contributed by atoms with E-state index in [0.717, 1.165) is 41.9 Å². The van der Waals surface area contributed by atoms with Crippen LogP contribution in [0.2, 0.25) is 0 Å². The van der Waals surface area contributed by atoms with E-state index >= 15 is 0 Å². The first kappa shape index (κ1) is 20.7. The highest BCUT2D eigenvalue weighted by Crippen LogP contribution is 2.20. The third kappa shape index (κ3) is 5.20. The lowest BCUT2D eigenvalue weighted by molar-refractivity contribution is 0.629. The molecular weight excluding hydrogens is 462 g/mol. The first-order chi connectivity index (χ1) is 12.2. The van der Waals surface area contributed by atoms with Gasteiger partial charge in [-0.1, -0.05) is 13.0 Å². The van der Waals surface area contributed by atoms with Crippen LogP contribution in [0.5, 0.6) is 0 Å². The van der Waals surface area contributed by atoms with E-state index in [1.807, 2.05) is 6.20 Å². The fourth-order valence-corrected chi connectivity index (χ4v) is 3.60. The summed E-state index contributed by atoms with van der Waals surface area (Å²) in [5.41, 5.74) is 2.06. The molecule has 0 saturated heterocycles. The maximum absolute atomic E-state index is 13.4. The van der Waals surface area contributed by atoms with Gasteiger partial charge in [0.1, 0.15) is 5.82 Å². The van der Waals surface area contributed by atoms with Gasteiger partial charge in [-0.05, 0) is 41.6 Å². The Hall–Kier alpha value is -1.61. The molecule has 4 nitrogen and oxygen atoms in total. The largest absolute Gasteiger partial charge is 0.361 e. The van der Waals surface area contributed by atoms with E-state index in [4.69, 9.17) is 0 Å². The molecule has 0 spiro atoms. The molecule has 140 valence electrons. The maximum Gasteiger partial charge on any atom is 0.191 e. The van der Waals surface area contributed by atoms with Crippen molar-refractivity contribution in [3.8, 4) is 0 Å². The first-order valence-corrected chi connectivity index (χ1v) is 9.28. The minimum atomic E-state index is -0.207. The van der Waals surface area contributed by atoms with Crippen LogP contribution < -0.4 is 10.6 Å². The number of guanidine groups is 1. The Morgan fingerprint density at radius 1 is 1.31 bits per heavy atom. The van der Waals surface area contributed by atoms with Crippen molar-refractivity contribution in [2.45, 2.75) is 19.3 Å². The summed E-state index contributed by atoms with van der Waals surface area (Å²) >= 11 is 1.77. The summed E-state index contributed by atoms with van der Waals surface area (Å²) in [6.07, 6.45) is 2.74. The number of aromatic amines is 1. The van der Waals surface area contributed by atoms with Crippen LogP contribution in [0.1, 0.15) is 23.3 Å². The maximum atomic E-state index is 13.4. The zero-order valence-electron chi connectivity index (χ0n) is 14.9. The fraction of sp³-hybridized carbons (Fsp3) is 0.316. The van der Waals surface area contributed by atoms with Crippen molar-refractivity contribution in [2.75, 3.05) is 20.1 Å². The standard InChI is InChI=1S/C19H23FN4S.HI/c1-13(18-4-3-9-25-18)11-24-19(21-2)22-8-7-14-12-23-17-6-5-15(20)10-16(14)17;/h3-6,9-10,12-13,23H,7-8,11H2,1-2H3,(H2,21,22,24);1H.